The van der Waals surface area contributed by atoms with Crippen LogP contribution in [-0.4, -0.2) is 22.5 Å². The summed E-state index contributed by atoms with van der Waals surface area (Å²) in [6, 6.07) is 5.32. The van der Waals surface area contributed by atoms with E-state index in [0.717, 1.165) is 11.1 Å². The predicted octanol–water partition coefficient (Wildman–Crippen LogP) is 1.52. The molecule has 0 spiro atoms. The first kappa shape index (κ1) is 11.0. The fraction of sp³-hybridized carbons (Fsp3) is 0.417. The molecule has 1 aromatic carbocycles. The van der Waals surface area contributed by atoms with Gasteiger partial charge in [-0.3, -0.25) is 4.79 Å². The molecule has 0 radical (unpaired) electrons. The average Bonchev–Trinajstić information content (AvgIpc) is 2.26. The Morgan fingerprint density at radius 2 is 2.31 bits per heavy atom. The molecule has 0 fully saturated rings. The minimum absolute atomic E-state index is 0.510. The van der Waals surface area contributed by atoms with Crippen LogP contribution in [0.4, 0.5) is 0 Å². The number of ether oxygens (including phenoxy) is 1. The molecule has 0 aliphatic carbocycles. The van der Waals surface area contributed by atoms with Crippen LogP contribution in [0.15, 0.2) is 18.2 Å². The van der Waals surface area contributed by atoms with Gasteiger partial charge in [-0.05, 0) is 30.5 Å². The highest BCUT2D eigenvalue weighted by atomic mass is 16.6. The molecule has 16 heavy (non-hydrogen) atoms. The molecule has 0 saturated carbocycles. The van der Waals surface area contributed by atoms with Gasteiger partial charge in [-0.1, -0.05) is 12.1 Å². The Hall–Kier alpha value is -1.55. The van der Waals surface area contributed by atoms with Gasteiger partial charge >= 0.3 is 5.97 Å². The standard InChI is InChI=1S/C12H14O4/c1-7(12(14)15)8-3-2-4-10-9(8)5-6-11(13)16-10/h2-4,7,11,13H,5-6H2,1H3,(H,14,15). The molecule has 0 saturated heterocycles. The molecule has 4 heteroatoms. The van der Waals surface area contributed by atoms with Crippen molar-refractivity contribution in [2.45, 2.75) is 32.0 Å². The Bertz CT molecular complexity index is 413. The molecule has 2 atom stereocenters. The molecular formula is C12H14O4. The van der Waals surface area contributed by atoms with Crippen molar-refractivity contribution >= 4 is 5.97 Å². The monoisotopic (exact) mass is 222 g/mol. The third-order valence-corrected chi connectivity index (χ3v) is 2.91. The summed E-state index contributed by atoms with van der Waals surface area (Å²) in [5.74, 6) is -0.794. The minimum Gasteiger partial charge on any atom is -0.481 e. The van der Waals surface area contributed by atoms with Crippen molar-refractivity contribution in [3.63, 3.8) is 0 Å². The summed E-state index contributed by atoms with van der Waals surface area (Å²) in [5.41, 5.74) is 1.68. The minimum atomic E-state index is -0.848. The number of rotatable bonds is 2. The molecule has 1 heterocycles. The topological polar surface area (TPSA) is 66.8 Å². The predicted molar refractivity (Wildman–Crippen MR) is 57.4 cm³/mol. The maximum Gasteiger partial charge on any atom is 0.310 e. The second-order valence-electron chi connectivity index (χ2n) is 4.00. The molecule has 0 bridgehead atoms. The summed E-state index contributed by atoms with van der Waals surface area (Å²) in [6.45, 7) is 1.66. The Morgan fingerprint density at radius 1 is 1.56 bits per heavy atom. The Morgan fingerprint density at radius 3 is 3.00 bits per heavy atom. The fourth-order valence-electron chi connectivity index (χ4n) is 1.97. The highest BCUT2D eigenvalue weighted by molar-refractivity contribution is 5.76. The number of aliphatic hydroxyl groups is 1. The Labute approximate surface area is 93.5 Å². The molecular weight excluding hydrogens is 208 g/mol. The Kier molecular flexibility index (Phi) is 2.83. The molecule has 2 N–H and O–H groups in total. The van der Waals surface area contributed by atoms with E-state index in [1.54, 1.807) is 25.1 Å². The lowest BCUT2D eigenvalue weighted by atomic mass is 9.91. The van der Waals surface area contributed by atoms with Gasteiger partial charge < -0.3 is 14.9 Å². The second-order valence-corrected chi connectivity index (χ2v) is 4.00. The lowest BCUT2D eigenvalue weighted by molar-refractivity contribution is -0.138. The molecule has 2 unspecified atom stereocenters. The third kappa shape index (κ3) is 1.88. The van der Waals surface area contributed by atoms with E-state index >= 15 is 0 Å². The molecule has 0 aromatic heterocycles. The van der Waals surface area contributed by atoms with Gasteiger partial charge in [0.25, 0.3) is 0 Å². The maximum atomic E-state index is 11.0. The molecule has 4 nitrogen and oxygen atoms in total. The van der Waals surface area contributed by atoms with E-state index in [9.17, 15) is 9.90 Å². The van der Waals surface area contributed by atoms with Crippen LogP contribution in [0.3, 0.4) is 0 Å². The summed E-state index contributed by atoms with van der Waals surface area (Å²) in [5, 5.41) is 18.4. The normalized spacial score (nSPS) is 20.8. The van der Waals surface area contributed by atoms with E-state index in [2.05, 4.69) is 0 Å². The van der Waals surface area contributed by atoms with Gasteiger partial charge in [0.2, 0.25) is 0 Å². The van der Waals surface area contributed by atoms with E-state index in [1.807, 2.05) is 0 Å². The number of carboxylic acid groups (broad SMARTS) is 1. The Balaban J connectivity index is 2.41. The number of aliphatic hydroxyl groups excluding tert-OH is 1. The van der Waals surface area contributed by atoms with E-state index < -0.39 is 18.2 Å². The molecule has 0 amide bonds. The maximum absolute atomic E-state index is 11.0. The molecule has 86 valence electrons. The lowest BCUT2D eigenvalue weighted by Crippen LogP contribution is -2.23. The van der Waals surface area contributed by atoms with Gasteiger partial charge in [0.05, 0.1) is 5.92 Å². The number of fused-ring (bicyclic) bond motifs is 1. The summed E-state index contributed by atoms with van der Waals surface area (Å²) in [4.78, 5) is 11.0. The van der Waals surface area contributed by atoms with Crippen LogP contribution < -0.4 is 4.74 Å². The summed E-state index contributed by atoms with van der Waals surface area (Å²) >= 11 is 0. The van der Waals surface area contributed by atoms with E-state index in [4.69, 9.17) is 9.84 Å². The van der Waals surface area contributed by atoms with Gasteiger partial charge in [0, 0.05) is 6.42 Å². The highest BCUT2D eigenvalue weighted by Gasteiger charge is 2.24. The number of hydrogen-bond donors (Lipinski definition) is 2. The van der Waals surface area contributed by atoms with Crippen LogP contribution in [0.1, 0.15) is 30.4 Å². The fourth-order valence-corrected chi connectivity index (χ4v) is 1.97. The van der Waals surface area contributed by atoms with Gasteiger partial charge in [0.15, 0.2) is 6.29 Å². The average molecular weight is 222 g/mol. The second kappa shape index (κ2) is 4.14. The summed E-state index contributed by atoms with van der Waals surface area (Å²) in [7, 11) is 0. The molecule has 2 rings (SSSR count). The number of carboxylic acids is 1. The van der Waals surface area contributed by atoms with Crippen LogP contribution in [0, 0.1) is 0 Å². The smallest absolute Gasteiger partial charge is 0.310 e. The molecule has 1 aromatic rings. The van der Waals surface area contributed by atoms with Crippen LogP contribution >= 0.6 is 0 Å². The van der Waals surface area contributed by atoms with E-state index in [1.165, 1.54) is 0 Å². The third-order valence-electron chi connectivity index (χ3n) is 2.91. The van der Waals surface area contributed by atoms with Crippen molar-refractivity contribution < 1.29 is 19.7 Å². The van der Waals surface area contributed by atoms with Crippen molar-refractivity contribution in [2.75, 3.05) is 0 Å². The first-order chi connectivity index (χ1) is 7.59. The van der Waals surface area contributed by atoms with Crippen LogP contribution in [0.2, 0.25) is 0 Å². The van der Waals surface area contributed by atoms with Crippen molar-refractivity contribution in [2.24, 2.45) is 0 Å². The number of hydrogen-bond acceptors (Lipinski definition) is 3. The van der Waals surface area contributed by atoms with Gasteiger partial charge in [-0.15, -0.1) is 0 Å². The summed E-state index contributed by atoms with van der Waals surface area (Å²) < 4.78 is 5.26. The molecule has 1 aliphatic heterocycles. The highest BCUT2D eigenvalue weighted by Crippen LogP contribution is 2.33. The van der Waals surface area contributed by atoms with Gasteiger partial charge in [0.1, 0.15) is 5.75 Å². The van der Waals surface area contributed by atoms with Crippen LogP contribution in [0.25, 0.3) is 0 Å². The lowest BCUT2D eigenvalue weighted by Gasteiger charge is -2.25. The van der Waals surface area contributed by atoms with Crippen molar-refractivity contribution in [1.82, 2.24) is 0 Å². The zero-order valence-corrected chi connectivity index (χ0v) is 9.01. The quantitative estimate of drug-likeness (QED) is 0.796. The zero-order valence-electron chi connectivity index (χ0n) is 9.01. The number of benzene rings is 1. The number of carbonyl (C=O) groups is 1. The SMILES string of the molecule is CC(C(=O)O)c1cccc2c1CCC(O)O2. The number of aliphatic carboxylic acids is 1. The van der Waals surface area contributed by atoms with Crippen LogP contribution in [-0.2, 0) is 11.2 Å². The van der Waals surface area contributed by atoms with E-state index in [-0.39, 0.29) is 0 Å². The van der Waals surface area contributed by atoms with E-state index in [0.29, 0.717) is 18.6 Å². The zero-order chi connectivity index (χ0) is 11.7. The molecule has 1 aliphatic rings. The first-order valence-electron chi connectivity index (χ1n) is 5.29. The largest absolute Gasteiger partial charge is 0.481 e. The van der Waals surface area contributed by atoms with Crippen molar-refractivity contribution in [1.29, 1.82) is 0 Å². The van der Waals surface area contributed by atoms with Gasteiger partial charge in [-0.2, -0.15) is 0 Å². The summed E-state index contributed by atoms with van der Waals surface area (Å²) in [6.07, 6.45) is 0.392. The van der Waals surface area contributed by atoms with Crippen molar-refractivity contribution in [3.8, 4) is 5.75 Å². The first-order valence-corrected chi connectivity index (χ1v) is 5.29. The van der Waals surface area contributed by atoms with Crippen LogP contribution in [0.5, 0.6) is 5.75 Å². The van der Waals surface area contributed by atoms with Gasteiger partial charge in [-0.25, -0.2) is 0 Å². The van der Waals surface area contributed by atoms with Crippen molar-refractivity contribution in [3.05, 3.63) is 29.3 Å².